The zero-order valence-corrected chi connectivity index (χ0v) is 12.9. The summed E-state index contributed by atoms with van der Waals surface area (Å²) in [6.45, 7) is 5.38. The van der Waals surface area contributed by atoms with Gasteiger partial charge in [0, 0.05) is 32.6 Å². The summed E-state index contributed by atoms with van der Waals surface area (Å²) in [5.41, 5.74) is 3.01. The monoisotopic (exact) mass is 298 g/mol. The van der Waals surface area contributed by atoms with Crippen LogP contribution in [0, 0.1) is 0 Å². The highest BCUT2D eigenvalue weighted by Gasteiger charge is 2.21. The zero-order valence-electron chi connectivity index (χ0n) is 12.9. The van der Waals surface area contributed by atoms with E-state index >= 15 is 0 Å². The number of hydrogen-bond donors (Lipinski definition) is 2. The number of benzene rings is 1. The van der Waals surface area contributed by atoms with Crippen molar-refractivity contribution in [2.45, 2.75) is 32.9 Å². The van der Waals surface area contributed by atoms with Gasteiger partial charge in [-0.25, -0.2) is 4.98 Å². The summed E-state index contributed by atoms with van der Waals surface area (Å²) in [5, 5.41) is 3.16. The number of rotatable bonds is 5. The molecule has 0 radical (unpaired) electrons. The molecule has 2 heterocycles. The molecular weight excluding hydrogens is 276 g/mol. The van der Waals surface area contributed by atoms with Crippen LogP contribution < -0.4 is 10.9 Å². The molecule has 0 spiro atoms. The molecule has 0 amide bonds. The average molecular weight is 298 g/mol. The largest absolute Gasteiger partial charge is 0.356 e. The lowest BCUT2D eigenvalue weighted by Gasteiger charge is -2.27. The lowest BCUT2D eigenvalue weighted by Crippen LogP contribution is -2.35. The van der Waals surface area contributed by atoms with Crippen LogP contribution in [0.3, 0.4) is 0 Å². The Morgan fingerprint density at radius 3 is 2.91 bits per heavy atom. The average Bonchev–Trinajstić information content (AvgIpc) is 2.54. The van der Waals surface area contributed by atoms with Gasteiger partial charge in [0.2, 0.25) is 5.95 Å². The van der Waals surface area contributed by atoms with Gasteiger partial charge in [-0.1, -0.05) is 37.3 Å². The van der Waals surface area contributed by atoms with E-state index in [1.54, 1.807) is 0 Å². The molecule has 22 heavy (non-hydrogen) atoms. The predicted molar refractivity (Wildman–Crippen MR) is 87.9 cm³/mol. The molecule has 2 aromatic rings. The molecule has 0 fully saturated rings. The summed E-state index contributed by atoms with van der Waals surface area (Å²) in [6.07, 6.45) is 1.83. The van der Waals surface area contributed by atoms with Gasteiger partial charge in [-0.05, 0) is 12.0 Å². The first kappa shape index (κ1) is 14.8. The van der Waals surface area contributed by atoms with Gasteiger partial charge < -0.3 is 5.32 Å². The molecule has 0 saturated carbocycles. The quantitative estimate of drug-likeness (QED) is 0.888. The maximum Gasteiger partial charge on any atom is 0.257 e. The standard InChI is InChI=1S/C17H22N4O/c1-2-9-18-17-19-15-8-10-21(12-14(15)16(22)20-17)11-13-6-4-3-5-7-13/h3-7H,2,8-12H2,1H3,(H2,18,19,20,22). The number of nitrogens with one attached hydrogen (secondary N) is 2. The highest BCUT2D eigenvalue weighted by Crippen LogP contribution is 2.17. The van der Waals surface area contributed by atoms with E-state index in [0.717, 1.165) is 43.7 Å². The Hall–Kier alpha value is -2.14. The fourth-order valence-corrected chi connectivity index (χ4v) is 2.78. The van der Waals surface area contributed by atoms with Crippen molar-refractivity contribution in [2.75, 3.05) is 18.4 Å². The summed E-state index contributed by atoms with van der Waals surface area (Å²) in [6, 6.07) is 10.4. The number of nitrogens with zero attached hydrogens (tertiary/aromatic N) is 2. The van der Waals surface area contributed by atoms with Crippen molar-refractivity contribution in [1.82, 2.24) is 14.9 Å². The topological polar surface area (TPSA) is 61.0 Å². The van der Waals surface area contributed by atoms with Crippen LogP contribution in [0.25, 0.3) is 0 Å². The lowest BCUT2D eigenvalue weighted by molar-refractivity contribution is 0.242. The van der Waals surface area contributed by atoms with Crippen molar-refractivity contribution < 1.29 is 0 Å². The van der Waals surface area contributed by atoms with Gasteiger partial charge in [-0.3, -0.25) is 14.7 Å². The van der Waals surface area contributed by atoms with E-state index in [-0.39, 0.29) is 5.56 Å². The van der Waals surface area contributed by atoms with Gasteiger partial charge in [0.05, 0.1) is 11.3 Å². The van der Waals surface area contributed by atoms with Crippen molar-refractivity contribution >= 4 is 5.95 Å². The first-order valence-electron chi connectivity index (χ1n) is 7.88. The van der Waals surface area contributed by atoms with E-state index in [9.17, 15) is 4.79 Å². The zero-order chi connectivity index (χ0) is 15.4. The minimum Gasteiger partial charge on any atom is -0.356 e. The SMILES string of the molecule is CCCNc1nc2c(c(=O)[nH]1)CN(Cc1ccccc1)CC2. The summed E-state index contributed by atoms with van der Waals surface area (Å²) >= 11 is 0. The molecule has 116 valence electrons. The third kappa shape index (κ3) is 3.36. The highest BCUT2D eigenvalue weighted by molar-refractivity contribution is 5.31. The van der Waals surface area contributed by atoms with Crippen LogP contribution in [0.15, 0.2) is 35.1 Å². The Labute approximate surface area is 130 Å². The maximum absolute atomic E-state index is 12.3. The van der Waals surface area contributed by atoms with Gasteiger partial charge in [-0.15, -0.1) is 0 Å². The molecule has 1 aliphatic heterocycles. The van der Waals surface area contributed by atoms with Crippen LogP contribution in [-0.2, 0) is 19.5 Å². The fraction of sp³-hybridized carbons (Fsp3) is 0.412. The van der Waals surface area contributed by atoms with Gasteiger partial charge in [0.15, 0.2) is 0 Å². The first-order valence-corrected chi connectivity index (χ1v) is 7.88. The van der Waals surface area contributed by atoms with Gasteiger partial charge in [-0.2, -0.15) is 0 Å². The van der Waals surface area contributed by atoms with Gasteiger partial charge in [0.1, 0.15) is 0 Å². The van der Waals surface area contributed by atoms with Crippen LogP contribution >= 0.6 is 0 Å². The Kier molecular flexibility index (Phi) is 4.53. The van der Waals surface area contributed by atoms with E-state index in [1.165, 1.54) is 5.56 Å². The molecule has 2 N–H and O–H groups in total. The van der Waals surface area contributed by atoms with E-state index in [0.29, 0.717) is 12.5 Å². The van der Waals surface area contributed by atoms with Crippen LogP contribution in [0.1, 0.15) is 30.2 Å². The van der Waals surface area contributed by atoms with Crippen molar-refractivity contribution in [1.29, 1.82) is 0 Å². The third-order valence-corrected chi connectivity index (χ3v) is 3.94. The minimum absolute atomic E-state index is 0.0126. The van der Waals surface area contributed by atoms with Gasteiger partial charge >= 0.3 is 0 Å². The van der Waals surface area contributed by atoms with E-state index < -0.39 is 0 Å². The normalized spacial score (nSPS) is 14.6. The Bertz CT molecular complexity index is 681. The number of aromatic nitrogens is 2. The molecule has 0 saturated heterocycles. The van der Waals surface area contributed by atoms with Crippen LogP contribution in [0.5, 0.6) is 0 Å². The smallest absolute Gasteiger partial charge is 0.257 e. The molecule has 0 unspecified atom stereocenters. The molecule has 3 rings (SSSR count). The van der Waals surface area contributed by atoms with Crippen LogP contribution in [0.2, 0.25) is 0 Å². The van der Waals surface area contributed by atoms with E-state index in [1.807, 2.05) is 18.2 Å². The first-order chi connectivity index (χ1) is 10.8. The maximum atomic E-state index is 12.3. The summed E-state index contributed by atoms with van der Waals surface area (Å²) < 4.78 is 0. The third-order valence-electron chi connectivity index (χ3n) is 3.94. The number of aromatic amines is 1. The Morgan fingerprint density at radius 2 is 2.14 bits per heavy atom. The molecule has 5 nitrogen and oxygen atoms in total. The van der Waals surface area contributed by atoms with Crippen LogP contribution in [-0.4, -0.2) is 28.0 Å². The van der Waals surface area contributed by atoms with Crippen molar-refractivity contribution in [3.05, 3.63) is 57.5 Å². The number of fused-ring (bicyclic) bond motifs is 1. The van der Waals surface area contributed by atoms with Crippen molar-refractivity contribution in [2.24, 2.45) is 0 Å². The molecule has 0 bridgehead atoms. The lowest BCUT2D eigenvalue weighted by atomic mass is 10.1. The number of hydrogen-bond acceptors (Lipinski definition) is 4. The molecule has 0 aliphatic carbocycles. The number of H-pyrrole nitrogens is 1. The molecule has 1 aromatic carbocycles. The minimum atomic E-state index is -0.0126. The molecule has 5 heteroatoms. The molecule has 1 aliphatic rings. The van der Waals surface area contributed by atoms with E-state index in [2.05, 4.69) is 39.2 Å². The van der Waals surface area contributed by atoms with E-state index in [4.69, 9.17) is 0 Å². The summed E-state index contributed by atoms with van der Waals surface area (Å²) in [4.78, 5) is 22.0. The second-order valence-electron chi connectivity index (χ2n) is 5.71. The molecule has 0 atom stereocenters. The highest BCUT2D eigenvalue weighted by atomic mass is 16.1. The van der Waals surface area contributed by atoms with Crippen molar-refractivity contribution in [3.8, 4) is 0 Å². The number of anilines is 1. The summed E-state index contributed by atoms with van der Waals surface area (Å²) in [7, 11) is 0. The summed E-state index contributed by atoms with van der Waals surface area (Å²) in [5.74, 6) is 0.599. The Balaban J connectivity index is 1.74. The fourth-order valence-electron chi connectivity index (χ4n) is 2.78. The van der Waals surface area contributed by atoms with Crippen molar-refractivity contribution in [3.63, 3.8) is 0 Å². The second kappa shape index (κ2) is 6.75. The second-order valence-corrected chi connectivity index (χ2v) is 5.71. The van der Waals surface area contributed by atoms with Gasteiger partial charge in [0.25, 0.3) is 5.56 Å². The Morgan fingerprint density at radius 1 is 1.32 bits per heavy atom. The molecule has 1 aromatic heterocycles. The molecular formula is C17H22N4O. The van der Waals surface area contributed by atoms with Crippen LogP contribution in [0.4, 0.5) is 5.95 Å². The predicted octanol–water partition coefficient (Wildman–Crippen LogP) is 2.15.